The van der Waals surface area contributed by atoms with E-state index < -0.39 is 11.6 Å². The van der Waals surface area contributed by atoms with Crippen molar-refractivity contribution in [1.29, 1.82) is 0 Å². The summed E-state index contributed by atoms with van der Waals surface area (Å²) in [5.74, 6) is -1.65. The molecule has 1 N–H and O–H groups in total. The topological polar surface area (TPSA) is 12.0 Å². The van der Waals surface area contributed by atoms with Crippen LogP contribution in [0.3, 0.4) is 0 Å². The van der Waals surface area contributed by atoms with E-state index in [4.69, 9.17) is 0 Å². The Morgan fingerprint density at radius 3 is 2.64 bits per heavy atom. The average molecular weight is 197 g/mol. The molecule has 0 atom stereocenters. The lowest BCUT2D eigenvalue weighted by Gasteiger charge is -2.06. The lowest BCUT2D eigenvalue weighted by molar-refractivity contribution is 0.509. The second-order valence-electron chi connectivity index (χ2n) is 3.26. The van der Waals surface area contributed by atoms with Crippen molar-refractivity contribution in [2.75, 3.05) is 11.9 Å². The number of hydrogen-bond acceptors (Lipinski definition) is 1. The minimum atomic E-state index is -0.828. The Morgan fingerprint density at radius 2 is 2.07 bits per heavy atom. The molecule has 3 heteroatoms. The minimum Gasteiger partial charge on any atom is -0.385 e. The lowest BCUT2D eigenvalue weighted by atomic mass is 10.2. The van der Waals surface area contributed by atoms with Crippen molar-refractivity contribution in [3.8, 4) is 0 Å². The van der Waals surface area contributed by atoms with Crippen LogP contribution in [0.1, 0.15) is 13.3 Å². The summed E-state index contributed by atoms with van der Waals surface area (Å²) in [4.78, 5) is 0. The summed E-state index contributed by atoms with van der Waals surface area (Å²) in [6, 6.07) is 3.77. The quantitative estimate of drug-likeness (QED) is 0.730. The van der Waals surface area contributed by atoms with Gasteiger partial charge in [-0.1, -0.05) is 5.57 Å². The van der Waals surface area contributed by atoms with Gasteiger partial charge >= 0.3 is 0 Å². The summed E-state index contributed by atoms with van der Waals surface area (Å²) in [6.07, 6.45) is 0.818. The second kappa shape index (κ2) is 4.74. The number of hydrogen-bond donors (Lipinski definition) is 1. The van der Waals surface area contributed by atoms with Crippen LogP contribution in [0, 0.1) is 11.6 Å². The van der Waals surface area contributed by atoms with Gasteiger partial charge in [0.05, 0.1) is 0 Å². The van der Waals surface area contributed by atoms with Gasteiger partial charge in [-0.3, -0.25) is 0 Å². The Morgan fingerprint density at radius 1 is 1.36 bits per heavy atom. The molecular weight excluding hydrogens is 184 g/mol. The van der Waals surface area contributed by atoms with E-state index in [0.717, 1.165) is 24.1 Å². The van der Waals surface area contributed by atoms with E-state index in [0.29, 0.717) is 12.2 Å². The summed E-state index contributed by atoms with van der Waals surface area (Å²) < 4.78 is 25.3. The van der Waals surface area contributed by atoms with Gasteiger partial charge in [0.25, 0.3) is 0 Å². The van der Waals surface area contributed by atoms with Gasteiger partial charge in [0.15, 0.2) is 11.6 Å². The summed E-state index contributed by atoms with van der Waals surface area (Å²) >= 11 is 0. The monoisotopic (exact) mass is 197 g/mol. The van der Waals surface area contributed by atoms with Crippen molar-refractivity contribution in [3.63, 3.8) is 0 Å². The number of rotatable bonds is 4. The van der Waals surface area contributed by atoms with E-state index in [1.54, 1.807) is 0 Å². The number of benzene rings is 1. The van der Waals surface area contributed by atoms with E-state index in [9.17, 15) is 8.78 Å². The molecule has 0 bridgehead atoms. The van der Waals surface area contributed by atoms with Gasteiger partial charge in [-0.2, -0.15) is 0 Å². The summed E-state index contributed by atoms with van der Waals surface area (Å²) in [5, 5.41) is 2.98. The highest BCUT2D eigenvalue weighted by molar-refractivity contribution is 5.43. The zero-order valence-corrected chi connectivity index (χ0v) is 8.11. The van der Waals surface area contributed by atoms with Crippen LogP contribution < -0.4 is 5.32 Å². The van der Waals surface area contributed by atoms with E-state index in [1.165, 1.54) is 6.07 Å². The molecule has 1 rings (SSSR count). The predicted octanol–water partition coefficient (Wildman–Crippen LogP) is 3.34. The maximum atomic E-state index is 12.7. The molecule has 0 aliphatic carbocycles. The highest BCUT2D eigenvalue weighted by Crippen LogP contribution is 2.13. The summed E-state index contributed by atoms with van der Waals surface area (Å²) in [5.41, 5.74) is 1.64. The van der Waals surface area contributed by atoms with E-state index in [1.807, 2.05) is 6.92 Å². The van der Waals surface area contributed by atoms with Crippen molar-refractivity contribution >= 4 is 5.69 Å². The molecular formula is C11H13F2N. The largest absolute Gasteiger partial charge is 0.385 e. The summed E-state index contributed by atoms with van der Waals surface area (Å²) in [6.45, 7) is 6.35. The Labute approximate surface area is 82.4 Å². The van der Waals surface area contributed by atoms with Gasteiger partial charge in [-0.25, -0.2) is 8.78 Å². The highest BCUT2D eigenvalue weighted by atomic mass is 19.2. The average Bonchev–Trinajstić information content (AvgIpc) is 2.10. The molecule has 0 aliphatic rings. The van der Waals surface area contributed by atoms with Crippen molar-refractivity contribution in [2.45, 2.75) is 13.3 Å². The molecule has 0 spiro atoms. The number of nitrogens with one attached hydrogen (secondary N) is 1. The number of halogens is 2. The van der Waals surface area contributed by atoms with Gasteiger partial charge < -0.3 is 5.32 Å². The maximum absolute atomic E-state index is 12.7. The van der Waals surface area contributed by atoms with E-state index >= 15 is 0 Å². The normalized spacial score (nSPS) is 9.93. The minimum absolute atomic E-state index is 0.588. The third kappa shape index (κ3) is 3.17. The fourth-order valence-electron chi connectivity index (χ4n) is 1.03. The van der Waals surface area contributed by atoms with Crippen LogP contribution in [-0.4, -0.2) is 6.54 Å². The zero-order valence-electron chi connectivity index (χ0n) is 8.11. The van der Waals surface area contributed by atoms with Crippen LogP contribution in [0.2, 0.25) is 0 Å². The SMILES string of the molecule is C=C(C)CCNc1ccc(F)c(F)c1. The summed E-state index contributed by atoms with van der Waals surface area (Å²) in [7, 11) is 0. The molecule has 0 saturated heterocycles. The van der Waals surface area contributed by atoms with Gasteiger partial charge in [0.1, 0.15) is 0 Å². The smallest absolute Gasteiger partial charge is 0.160 e. The van der Waals surface area contributed by atoms with Crippen LogP contribution in [0.15, 0.2) is 30.4 Å². The van der Waals surface area contributed by atoms with Crippen LogP contribution in [-0.2, 0) is 0 Å². The lowest BCUT2D eigenvalue weighted by Crippen LogP contribution is -2.02. The Balaban J connectivity index is 2.51. The molecule has 0 saturated carbocycles. The van der Waals surface area contributed by atoms with Gasteiger partial charge in [-0.15, -0.1) is 6.58 Å². The van der Waals surface area contributed by atoms with Gasteiger partial charge in [-0.05, 0) is 31.5 Å². The van der Waals surface area contributed by atoms with Crippen LogP contribution >= 0.6 is 0 Å². The Bertz CT molecular complexity index is 334. The van der Waals surface area contributed by atoms with Crippen molar-refractivity contribution < 1.29 is 8.78 Å². The molecule has 76 valence electrons. The molecule has 14 heavy (non-hydrogen) atoms. The van der Waals surface area contributed by atoms with Crippen molar-refractivity contribution in [3.05, 3.63) is 42.0 Å². The molecule has 1 nitrogen and oxygen atoms in total. The van der Waals surface area contributed by atoms with E-state index in [-0.39, 0.29) is 0 Å². The highest BCUT2D eigenvalue weighted by Gasteiger charge is 2.01. The second-order valence-corrected chi connectivity index (χ2v) is 3.26. The molecule has 0 heterocycles. The molecule has 0 aliphatic heterocycles. The molecule has 1 aromatic carbocycles. The fourth-order valence-corrected chi connectivity index (χ4v) is 1.03. The van der Waals surface area contributed by atoms with Gasteiger partial charge in [0, 0.05) is 12.2 Å². The first-order valence-corrected chi connectivity index (χ1v) is 4.43. The maximum Gasteiger partial charge on any atom is 0.160 e. The van der Waals surface area contributed by atoms with Gasteiger partial charge in [0.2, 0.25) is 0 Å². The third-order valence-electron chi connectivity index (χ3n) is 1.80. The fraction of sp³-hybridized carbons (Fsp3) is 0.273. The van der Waals surface area contributed by atoms with Crippen molar-refractivity contribution in [1.82, 2.24) is 0 Å². The first-order valence-electron chi connectivity index (χ1n) is 4.43. The molecule has 0 unspecified atom stereocenters. The Hall–Kier alpha value is -1.38. The standard InChI is InChI=1S/C11H13F2N/c1-8(2)5-6-14-9-3-4-10(12)11(13)7-9/h3-4,7,14H,1,5-6H2,2H3. The first kappa shape index (κ1) is 10.7. The third-order valence-corrected chi connectivity index (χ3v) is 1.80. The zero-order chi connectivity index (χ0) is 10.6. The molecule has 0 amide bonds. The molecule has 0 fully saturated rings. The number of anilines is 1. The molecule has 1 aromatic rings. The van der Waals surface area contributed by atoms with Crippen LogP contribution in [0.5, 0.6) is 0 Å². The Kier molecular flexibility index (Phi) is 3.63. The molecule has 0 aromatic heterocycles. The van der Waals surface area contributed by atoms with Crippen LogP contribution in [0.4, 0.5) is 14.5 Å². The first-order chi connectivity index (χ1) is 6.59. The predicted molar refractivity (Wildman–Crippen MR) is 54.3 cm³/mol. The van der Waals surface area contributed by atoms with Crippen molar-refractivity contribution in [2.24, 2.45) is 0 Å². The van der Waals surface area contributed by atoms with Crippen LogP contribution in [0.25, 0.3) is 0 Å². The molecule has 0 radical (unpaired) electrons. The van der Waals surface area contributed by atoms with E-state index in [2.05, 4.69) is 11.9 Å².